The summed E-state index contributed by atoms with van der Waals surface area (Å²) in [5.41, 5.74) is 0.886. The Morgan fingerprint density at radius 3 is 2.44 bits per heavy atom. The zero-order valence-corrected chi connectivity index (χ0v) is 9.95. The first kappa shape index (κ1) is 12.6. The van der Waals surface area contributed by atoms with Gasteiger partial charge in [0.1, 0.15) is 11.3 Å². The van der Waals surface area contributed by atoms with Crippen molar-refractivity contribution in [3.05, 3.63) is 29.3 Å². The van der Waals surface area contributed by atoms with Gasteiger partial charge >= 0.3 is 5.97 Å². The average molecular weight is 222 g/mol. The molecule has 0 spiro atoms. The summed E-state index contributed by atoms with van der Waals surface area (Å²) in [6, 6.07) is 4.79. The molecular formula is C13H18O3. The Kier molecular flexibility index (Phi) is 3.58. The van der Waals surface area contributed by atoms with E-state index in [1.165, 1.54) is 6.07 Å². The van der Waals surface area contributed by atoms with Crippen molar-refractivity contribution < 1.29 is 15.0 Å². The lowest BCUT2D eigenvalue weighted by Crippen LogP contribution is -2.16. The second kappa shape index (κ2) is 4.56. The molecule has 0 aliphatic rings. The molecule has 2 N–H and O–H groups in total. The second-order valence-electron chi connectivity index (χ2n) is 4.67. The van der Waals surface area contributed by atoms with E-state index in [1.807, 2.05) is 0 Å². The van der Waals surface area contributed by atoms with E-state index in [-0.39, 0.29) is 16.7 Å². The molecular weight excluding hydrogens is 204 g/mol. The number of carboxylic acid groups (broad SMARTS) is 1. The number of hydrogen-bond acceptors (Lipinski definition) is 2. The highest BCUT2D eigenvalue weighted by Crippen LogP contribution is 2.31. The van der Waals surface area contributed by atoms with Gasteiger partial charge in [0.15, 0.2) is 0 Å². The van der Waals surface area contributed by atoms with Crippen LogP contribution >= 0.6 is 0 Å². The number of rotatable bonds is 4. The third-order valence-electron chi connectivity index (χ3n) is 2.88. The van der Waals surface area contributed by atoms with Crippen LogP contribution in [0.2, 0.25) is 0 Å². The van der Waals surface area contributed by atoms with Crippen LogP contribution in [-0.2, 0) is 5.41 Å². The lowest BCUT2D eigenvalue weighted by Gasteiger charge is -2.25. The lowest BCUT2D eigenvalue weighted by atomic mass is 9.80. The van der Waals surface area contributed by atoms with E-state index in [2.05, 4.69) is 20.8 Å². The molecule has 0 saturated heterocycles. The molecule has 0 heterocycles. The van der Waals surface area contributed by atoms with Crippen molar-refractivity contribution >= 4 is 5.97 Å². The normalized spacial score (nSPS) is 11.4. The minimum atomic E-state index is -1.10. The molecule has 3 heteroatoms. The summed E-state index contributed by atoms with van der Waals surface area (Å²) >= 11 is 0. The van der Waals surface area contributed by atoms with Crippen molar-refractivity contribution in [1.29, 1.82) is 0 Å². The number of carboxylic acids is 1. The van der Waals surface area contributed by atoms with Gasteiger partial charge in [0.2, 0.25) is 0 Å². The standard InChI is InChI=1S/C13H18O3/c1-4-7-13(2,3)9-5-6-10(12(15)16)11(14)8-9/h5-6,8,14H,4,7H2,1-3H3,(H,15,16). The van der Waals surface area contributed by atoms with Crippen molar-refractivity contribution in [2.24, 2.45) is 0 Å². The lowest BCUT2D eigenvalue weighted by molar-refractivity contribution is 0.0693. The van der Waals surface area contributed by atoms with E-state index in [0.717, 1.165) is 18.4 Å². The molecule has 3 nitrogen and oxygen atoms in total. The third kappa shape index (κ3) is 2.54. The molecule has 0 unspecified atom stereocenters. The van der Waals surface area contributed by atoms with E-state index in [4.69, 9.17) is 5.11 Å². The maximum atomic E-state index is 10.7. The number of benzene rings is 1. The second-order valence-corrected chi connectivity index (χ2v) is 4.67. The van der Waals surface area contributed by atoms with Gasteiger partial charge in [-0.2, -0.15) is 0 Å². The van der Waals surface area contributed by atoms with Crippen LogP contribution in [-0.4, -0.2) is 16.2 Å². The van der Waals surface area contributed by atoms with Crippen LogP contribution in [0.1, 0.15) is 49.5 Å². The van der Waals surface area contributed by atoms with Gasteiger partial charge in [0, 0.05) is 0 Å². The summed E-state index contributed by atoms with van der Waals surface area (Å²) in [7, 11) is 0. The van der Waals surface area contributed by atoms with Crippen molar-refractivity contribution in [1.82, 2.24) is 0 Å². The first-order chi connectivity index (χ1) is 7.38. The molecule has 0 atom stereocenters. The summed E-state index contributed by atoms with van der Waals surface area (Å²) in [4.78, 5) is 10.7. The first-order valence-electron chi connectivity index (χ1n) is 5.45. The fraction of sp³-hybridized carbons (Fsp3) is 0.462. The molecule has 0 fully saturated rings. The highest BCUT2D eigenvalue weighted by atomic mass is 16.4. The van der Waals surface area contributed by atoms with Crippen LogP contribution in [0, 0.1) is 0 Å². The highest BCUT2D eigenvalue weighted by molar-refractivity contribution is 5.90. The zero-order valence-electron chi connectivity index (χ0n) is 9.95. The number of aromatic hydroxyl groups is 1. The summed E-state index contributed by atoms with van der Waals surface area (Å²) in [5.74, 6) is -1.26. The molecule has 0 amide bonds. The molecule has 0 bridgehead atoms. The largest absolute Gasteiger partial charge is 0.507 e. The fourth-order valence-electron chi connectivity index (χ4n) is 1.90. The van der Waals surface area contributed by atoms with E-state index in [9.17, 15) is 9.90 Å². The number of carbonyl (C=O) groups is 1. The Morgan fingerprint density at radius 1 is 1.38 bits per heavy atom. The zero-order chi connectivity index (χ0) is 12.3. The maximum absolute atomic E-state index is 10.7. The summed E-state index contributed by atoms with van der Waals surface area (Å²) in [6.45, 7) is 6.28. The van der Waals surface area contributed by atoms with Gasteiger partial charge in [0.25, 0.3) is 0 Å². The number of aromatic carboxylic acids is 1. The quantitative estimate of drug-likeness (QED) is 0.822. The van der Waals surface area contributed by atoms with Gasteiger partial charge in [0.05, 0.1) is 0 Å². The van der Waals surface area contributed by atoms with Crippen LogP contribution in [0.3, 0.4) is 0 Å². The van der Waals surface area contributed by atoms with Crippen molar-refractivity contribution in [2.75, 3.05) is 0 Å². The van der Waals surface area contributed by atoms with Gasteiger partial charge in [-0.05, 0) is 29.5 Å². The maximum Gasteiger partial charge on any atom is 0.339 e. The fourth-order valence-corrected chi connectivity index (χ4v) is 1.90. The summed E-state index contributed by atoms with van der Waals surface area (Å²) in [6.07, 6.45) is 2.05. The minimum Gasteiger partial charge on any atom is -0.507 e. The molecule has 1 rings (SSSR count). The summed E-state index contributed by atoms with van der Waals surface area (Å²) in [5, 5.41) is 18.4. The van der Waals surface area contributed by atoms with Crippen LogP contribution in [0.5, 0.6) is 5.75 Å². The Balaban J connectivity index is 3.10. The molecule has 0 aliphatic heterocycles. The minimum absolute atomic E-state index is 0.0384. The van der Waals surface area contributed by atoms with Crippen LogP contribution < -0.4 is 0 Å². The van der Waals surface area contributed by atoms with Gasteiger partial charge < -0.3 is 10.2 Å². The predicted molar refractivity (Wildman–Crippen MR) is 63.0 cm³/mol. The van der Waals surface area contributed by atoms with Gasteiger partial charge in [-0.25, -0.2) is 4.79 Å². The molecule has 88 valence electrons. The SMILES string of the molecule is CCCC(C)(C)c1ccc(C(=O)O)c(O)c1. The molecule has 1 aromatic rings. The van der Waals surface area contributed by atoms with E-state index in [0.29, 0.717) is 0 Å². The third-order valence-corrected chi connectivity index (χ3v) is 2.88. The molecule has 0 radical (unpaired) electrons. The molecule has 1 aromatic carbocycles. The summed E-state index contributed by atoms with van der Waals surface area (Å²) < 4.78 is 0. The highest BCUT2D eigenvalue weighted by Gasteiger charge is 2.21. The van der Waals surface area contributed by atoms with E-state index >= 15 is 0 Å². The Morgan fingerprint density at radius 2 is 2.00 bits per heavy atom. The van der Waals surface area contributed by atoms with Crippen molar-refractivity contribution in [2.45, 2.75) is 39.0 Å². The van der Waals surface area contributed by atoms with E-state index < -0.39 is 5.97 Å². The Bertz CT molecular complexity index is 394. The predicted octanol–water partition coefficient (Wildman–Crippen LogP) is 3.17. The smallest absolute Gasteiger partial charge is 0.339 e. The van der Waals surface area contributed by atoms with Crippen LogP contribution in [0.25, 0.3) is 0 Å². The van der Waals surface area contributed by atoms with Crippen molar-refractivity contribution in [3.8, 4) is 5.75 Å². The molecule has 0 aromatic heterocycles. The average Bonchev–Trinajstić information content (AvgIpc) is 2.16. The first-order valence-corrected chi connectivity index (χ1v) is 5.45. The van der Waals surface area contributed by atoms with Gasteiger partial charge in [-0.1, -0.05) is 33.3 Å². The van der Waals surface area contributed by atoms with E-state index in [1.54, 1.807) is 12.1 Å². The van der Waals surface area contributed by atoms with Crippen LogP contribution in [0.15, 0.2) is 18.2 Å². The molecule has 16 heavy (non-hydrogen) atoms. The Hall–Kier alpha value is -1.51. The van der Waals surface area contributed by atoms with Crippen molar-refractivity contribution in [3.63, 3.8) is 0 Å². The molecule has 0 aliphatic carbocycles. The van der Waals surface area contributed by atoms with Crippen LogP contribution in [0.4, 0.5) is 0 Å². The van der Waals surface area contributed by atoms with Gasteiger partial charge in [-0.15, -0.1) is 0 Å². The topological polar surface area (TPSA) is 57.5 Å². The number of hydrogen-bond donors (Lipinski definition) is 2. The molecule has 0 saturated carbocycles. The number of phenols is 1. The Labute approximate surface area is 95.7 Å². The van der Waals surface area contributed by atoms with Gasteiger partial charge in [-0.3, -0.25) is 0 Å². The monoisotopic (exact) mass is 222 g/mol.